The molecule has 0 spiro atoms. The van der Waals surface area contributed by atoms with E-state index in [2.05, 4.69) is 43.2 Å². The van der Waals surface area contributed by atoms with Gasteiger partial charge in [0.15, 0.2) is 5.05 Å². The van der Waals surface area contributed by atoms with Crippen LogP contribution in [0.25, 0.3) is 0 Å². The summed E-state index contributed by atoms with van der Waals surface area (Å²) in [5.41, 5.74) is 2.70. The van der Waals surface area contributed by atoms with Gasteiger partial charge < -0.3 is 10.1 Å². The van der Waals surface area contributed by atoms with Crippen molar-refractivity contribution in [2.24, 2.45) is 0 Å². The fourth-order valence-electron chi connectivity index (χ4n) is 2.20. The number of hydrogen-bond donors (Lipinski definition) is 1. The minimum atomic E-state index is -1.35. The smallest absolute Gasteiger partial charge is 0.191 e. The molecule has 0 bridgehead atoms. The van der Waals surface area contributed by atoms with Crippen molar-refractivity contribution < 1.29 is 4.74 Å². The van der Waals surface area contributed by atoms with Crippen molar-refractivity contribution in [3.63, 3.8) is 0 Å². The maximum Gasteiger partial charge on any atom is 0.191 e. The average Bonchev–Trinajstić information content (AvgIpc) is 2.29. The molecular formula is C14H23NOSSi. The van der Waals surface area contributed by atoms with Gasteiger partial charge in [0.05, 0.1) is 14.7 Å². The standard InChI is InChI=1S/C14H23NOSSi/c1-6-16-14(17)12-10-8-7-9-11(12)13(15-2)18(3,4)5/h7-10,13,15H,6H2,1-5H3. The van der Waals surface area contributed by atoms with E-state index < -0.39 is 8.07 Å². The van der Waals surface area contributed by atoms with Gasteiger partial charge in [-0.3, -0.25) is 0 Å². The highest BCUT2D eigenvalue weighted by Gasteiger charge is 2.29. The van der Waals surface area contributed by atoms with Crippen LogP contribution in [0.4, 0.5) is 0 Å². The molecule has 0 heterocycles. The summed E-state index contributed by atoms with van der Waals surface area (Å²) in [5.74, 6) is 0. The minimum Gasteiger partial charge on any atom is -0.483 e. The molecule has 2 nitrogen and oxygen atoms in total. The fourth-order valence-corrected chi connectivity index (χ4v) is 4.55. The topological polar surface area (TPSA) is 21.3 Å². The van der Waals surface area contributed by atoms with Crippen LogP contribution in [-0.4, -0.2) is 26.8 Å². The van der Waals surface area contributed by atoms with E-state index in [1.807, 2.05) is 20.0 Å². The first kappa shape index (κ1) is 15.3. The Kier molecular flexibility index (Phi) is 5.50. The number of benzene rings is 1. The highest BCUT2D eigenvalue weighted by molar-refractivity contribution is 7.80. The maximum absolute atomic E-state index is 5.50. The van der Waals surface area contributed by atoms with Crippen LogP contribution in [0.3, 0.4) is 0 Å². The molecular weight excluding hydrogens is 258 g/mol. The summed E-state index contributed by atoms with van der Waals surface area (Å²) >= 11 is 5.36. The summed E-state index contributed by atoms with van der Waals surface area (Å²) in [6.07, 6.45) is 0. The van der Waals surface area contributed by atoms with Crippen LogP contribution in [0.5, 0.6) is 0 Å². The first-order valence-corrected chi connectivity index (χ1v) is 10.3. The van der Waals surface area contributed by atoms with Gasteiger partial charge in [0.2, 0.25) is 0 Å². The molecule has 18 heavy (non-hydrogen) atoms. The van der Waals surface area contributed by atoms with Crippen molar-refractivity contribution in [3.05, 3.63) is 35.4 Å². The van der Waals surface area contributed by atoms with Crippen molar-refractivity contribution >= 4 is 25.3 Å². The number of thiocarbonyl (C=S) groups is 1. The summed E-state index contributed by atoms with van der Waals surface area (Å²) in [6, 6.07) is 8.29. The lowest BCUT2D eigenvalue weighted by Gasteiger charge is -2.30. The molecule has 0 amide bonds. The van der Waals surface area contributed by atoms with E-state index in [0.29, 0.717) is 17.3 Å². The number of nitrogens with one attached hydrogen (secondary N) is 1. The first-order valence-electron chi connectivity index (χ1n) is 6.35. The third-order valence-electron chi connectivity index (χ3n) is 2.92. The normalized spacial score (nSPS) is 13.2. The summed E-state index contributed by atoms with van der Waals surface area (Å²) in [6.45, 7) is 9.64. The molecule has 1 N–H and O–H groups in total. The van der Waals surface area contributed by atoms with E-state index in [-0.39, 0.29) is 0 Å². The van der Waals surface area contributed by atoms with Gasteiger partial charge in [-0.2, -0.15) is 0 Å². The molecule has 4 heteroatoms. The molecule has 1 atom stereocenters. The predicted octanol–water partition coefficient (Wildman–Crippen LogP) is 3.54. The van der Waals surface area contributed by atoms with Crippen LogP contribution in [0.1, 0.15) is 23.7 Å². The molecule has 1 rings (SSSR count). The zero-order valence-electron chi connectivity index (χ0n) is 11.9. The molecule has 1 aromatic carbocycles. The second-order valence-electron chi connectivity index (χ2n) is 5.40. The van der Waals surface area contributed by atoms with Crippen LogP contribution >= 0.6 is 12.2 Å². The van der Waals surface area contributed by atoms with E-state index in [0.717, 1.165) is 5.56 Å². The van der Waals surface area contributed by atoms with E-state index in [1.54, 1.807) is 0 Å². The van der Waals surface area contributed by atoms with Crippen LogP contribution in [0.15, 0.2) is 24.3 Å². The molecule has 100 valence electrons. The number of ether oxygens (including phenoxy) is 1. The van der Waals surface area contributed by atoms with Gasteiger partial charge in [-0.1, -0.05) is 43.9 Å². The largest absolute Gasteiger partial charge is 0.483 e. The maximum atomic E-state index is 5.50. The average molecular weight is 281 g/mol. The third-order valence-corrected chi connectivity index (χ3v) is 5.59. The fraction of sp³-hybridized carbons (Fsp3) is 0.500. The monoisotopic (exact) mass is 281 g/mol. The lowest BCUT2D eigenvalue weighted by Crippen LogP contribution is -2.40. The predicted molar refractivity (Wildman–Crippen MR) is 84.9 cm³/mol. The van der Waals surface area contributed by atoms with Crippen molar-refractivity contribution in [1.82, 2.24) is 5.32 Å². The molecule has 0 aliphatic carbocycles. The van der Waals surface area contributed by atoms with E-state index in [9.17, 15) is 0 Å². The molecule has 1 unspecified atom stereocenters. The third kappa shape index (κ3) is 3.64. The quantitative estimate of drug-likeness (QED) is 0.659. The Balaban J connectivity index is 3.19. The Morgan fingerprint density at radius 2 is 1.94 bits per heavy atom. The van der Waals surface area contributed by atoms with E-state index in [4.69, 9.17) is 17.0 Å². The van der Waals surface area contributed by atoms with Crippen molar-refractivity contribution in [3.8, 4) is 0 Å². The molecule has 0 aromatic heterocycles. The zero-order valence-corrected chi connectivity index (χ0v) is 13.7. The van der Waals surface area contributed by atoms with E-state index >= 15 is 0 Å². The molecule has 0 radical (unpaired) electrons. The minimum absolute atomic E-state index is 0.382. The summed E-state index contributed by atoms with van der Waals surface area (Å²) in [5, 5.41) is 4.05. The van der Waals surface area contributed by atoms with Gasteiger partial charge in [-0.25, -0.2) is 0 Å². The zero-order chi connectivity index (χ0) is 13.8. The van der Waals surface area contributed by atoms with Gasteiger partial charge in [0.25, 0.3) is 0 Å². The molecule has 0 saturated heterocycles. The Labute approximate surface area is 117 Å². The highest BCUT2D eigenvalue weighted by atomic mass is 32.1. The molecule has 0 aliphatic rings. The Hall–Kier alpha value is -0.713. The van der Waals surface area contributed by atoms with Crippen LogP contribution < -0.4 is 5.32 Å². The van der Waals surface area contributed by atoms with Crippen molar-refractivity contribution in [1.29, 1.82) is 0 Å². The van der Waals surface area contributed by atoms with Gasteiger partial charge in [-0.05, 0) is 31.8 Å². The molecule has 1 aromatic rings. The second kappa shape index (κ2) is 6.45. The lowest BCUT2D eigenvalue weighted by molar-refractivity contribution is 0.337. The highest BCUT2D eigenvalue weighted by Crippen LogP contribution is 2.27. The Morgan fingerprint density at radius 1 is 1.33 bits per heavy atom. The van der Waals surface area contributed by atoms with Gasteiger partial charge in [-0.15, -0.1) is 0 Å². The van der Waals surface area contributed by atoms with E-state index in [1.165, 1.54) is 5.56 Å². The number of hydrogen-bond acceptors (Lipinski definition) is 3. The van der Waals surface area contributed by atoms with Crippen LogP contribution in [-0.2, 0) is 4.74 Å². The van der Waals surface area contributed by atoms with Crippen molar-refractivity contribution in [2.75, 3.05) is 13.7 Å². The summed E-state index contributed by atoms with van der Waals surface area (Å²) < 4.78 is 5.50. The Bertz CT molecular complexity index is 415. The molecule has 0 fully saturated rings. The SMILES string of the molecule is CCOC(=S)c1ccccc1C(NC)[Si](C)(C)C. The lowest BCUT2D eigenvalue weighted by atomic mass is 10.1. The second-order valence-corrected chi connectivity index (χ2v) is 11.1. The van der Waals surface area contributed by atoms with Crippen LogP contribution in [0.2, 0.25) is 19.6 Å². The van der Waals surface area contributed by atoms with Gasteiger partial charge in [0, 0.05) is 11.2 Å². The first-order chi connectivity index (χ1) is 8.41. The summed E-state index contributed by atoms with van der Waals surface area (Å²) in [7, 11) is 0.663. The van der Waals surface area contributed by atoms with Crippen molar-refractivity contribution in [2.45, 2.75) is 32.2 Å². The molecule has 0 saturated carbocycles. The van der Waals surface area contributed by atoms with Gasteiger partial charge >= 0.3 is 0 Å². The van der Waals surface area contributed by atoms with Gasteiger partial charge in [0.1, 0.15) is 0 Å². The Morgan fingerprint density at radius 3 is 2.44 bits per heavy atom. The summed E-state index contributed by atoms with van der Waals surface area (Å²) in [4.78, 5) is 0. The number of rotatable bonds is 5. The molecule has 0 aliphatic heterocycles. The van der Waals surface area contributed by atoms with Crippen LogP contribution in [0, 0.1) is 0 Å².